The highest BCUT2D eigenvalue weighted by molar-refractivity contribution is 6.13. The van der Waals surface area contributed by atoms with Crippen molar-refractivity contribution in [3.8, 4) is 33.6 Å². The van der Waals surface area contributed by atoms with Gasteiger partial charge in [0.05, 0.1) is 22.1 Å². The Morgan fingerprint density at radius 2 is 0.677 bits per heavy atom. The van der Waals surface area contributed by atoms with E-state index in [-0.39, 0.29) is 37.9 Å². The van der Waals surface area contributed by atoms with Gasteiger partial charge < -0.3 is 9.13 Å². The van der Waals surface area contributed by atoms with Gasteiger partial charge in [-0.3, -0.25) is 0 Å². The van der Waals surface area contributed by atoms with Crippen LogP contribution in [0.25, 0.3) is 77.2 Å². The molecule has 0 unspecified atom stereocenters. The highest BCUT2D eigenvalue weighted by Crippen LogP contribution is 2.64. The van der Waals surface area contributed by atoms with Crippen LogP contribution in [0.2, 0.25) is 0 Å². The summed E-state index contributed by atoms with van der Waals surface area (Å²) >= 11 is 0. The third-order valence-corrected chi connectivity index (χ3v) is 19.9. The summed E-state index contributed by atoms with van der Waals surface area (Å²) in [5.41, 5.74) is 21.6. The average molecular weight is 849 g/mol. The predicted octanol–water partition coefficient (Wildman–Crippen LogP) is 17.0. The van der Waals surface area contributed by atoms with Crippen molar-refractivity contribution >= 4 is 43.6 Å². The fourth-order valence-electron chi connectivity index (χ4n) is 13.4. The molecular formula is C63H64N2. The molecule has 0 amide bonds. The van der Waals surface area contributed by atoms with E-state index in [0.29, 0.717) is 0 Å². The maximum atomic E-state index is 2.57. The molecule has 3 aliphatic carbocycles. The maximum Gasteiger partial charge on any atom is 0.0544 e. The van der Waals surface area contributed by atoms with Crippen LogP contribution in [0, 0.1) is 10.8 Å². The molecule has 0 N–H and O–H groups in total. The molecule has 0 saturated carbocycles. The first-order chi connectivity index (χ1) is 30.5. The molecule has 0 spiro atoms. The zero-order chi connectivity index (χ0) is 45.8. The van der Waals surface area contributed by atoms with Crippen LogP contribution in [0.5, 0.6) is 0 Å². The lowest BCUT2D eigenvalue weighted by molar-refractivity contribution is 0.125. The predicted molar refractivity (Wildman–Crippen MR) is 278 cm³/mol. The summed E-state index contributed by atoms with van der Waals surface area (Å²) in [5, 5.41) is 5.32. The number of rotatable bonds is 3. The maximum absolute atomic E-state index is 2.57. The summed E-state index contributed by atoms with van der Waals surface area (Å²) in [7, 11) is 0. The van der Waals surface area contributed by atoms with Crippen LogP contribution < -0.4 is 0 Å². The van der Waals surface area contributed by atoms with Crippen molar-refractivity contribution in [1.29, 1.82) is 0 Å². The second-order valence-electron chi connectivity index (χ2n) is 23.9. The molecular weight excluding hydrogens is 785 g/mol. The van der Waals surface area contributed by atoms with Gasteiger partial charge >= 0.3 is 0 Å². The number of fused-ring (bicyclic) bond motifs is 11. The van der Waals surface area contributed by atoms with Gasteiger partial charge in [0.2, 0.25) is 0 Å². The Morgan fingerprint density at radius 1 is 0.292 bits per heavy atom. The van der Waals surface area contributed by atoms with E-state index in [1.54, 1.807) is 0 Å². The minimum atomic E-state index is -0.0864. The van der Waals surface area contributed by atoms with Gasteiger partial charge in [0, 0.05) is 38.3 Å². The molecule has 2 nitrogen and oxygen atoms in total. The van der Waals surface area contributed by atoms with Gasteiger partial charge in [0.25, 0.3) is 0 Å². The minimum absolute atomic E-state index is 0.00367. The van der Waals surface area contributed by atoms with Crippen LogP contribution in [0.3, 0.4) is 0 Å². The van der Waals surface area contributed by atoms with Gasteiger partial charge in [-0.15, -0.1) is 0 Å². The molecule has 7 aromatic carbocycles. The molecule has 9 aromatic rings. The third-order valence-electron chi connectivity index (χ3n) is 19.9. The second kappa shape index (κ2) is 12.3. The molecule has 0 saturated heterocycles. The summed E-state index contributed by atoms with van der Waals surface area (Å²) in [4.78, 5) is 0. The first-order valence-corrected chi connectivity index (χ1v) is 24.1. The zero-order valence-electron chi connectivity index (χ0n) is 41.1. The molecule has 12 rings (SSSR count). The van der Waals surface area contributed by atoms with Crippen molar-refractivity contribution in [3.05, 3.63) is 167 Å². The van der Waals surface area contributed by atoms with Gasteiger partial charge in [-0.25, -0.2) is 0 Å². The lowest BCUT2D eigenvalue weighted by Crippen LogP contribution is -2.42. The number of hydrogen-bond donors (Lipinski definition) is 0. The van der Waals surface area contributed by atoms with E-state index >= 15 is 0 Å². The van der Waals surface area contributed by atoms with Crippen molar-refractivity contribution in [3.63, 3.8) is 0 Å². The van der Waals surface area contributed by atoms with Crippen LogP contribution in [-0.2, 0) is 27.1 Å². The molecule has 2 heterocycles. The Bertz CT molecular complexity index is 3530. The number of aromatic nitrogens is 2. The minimum Gasteiger partial charge on any atom is -0.309 e. The van der Waals surface area contributed by atoms with Crippen LogP contribution in [0.15, 0.2) is 133 Å². The molecule has 2 heteroatoms. The van der Waals surface area contributed by atoms with Crippen molar-refractivity contribution in [2.45, 2.75) is 124 Å². The van der Waals surface area contributed by atoms with E-state index in [0.717, 1.165) is 0 Å². The fourth-order valence-corrected chi connectivity index (χ4v) is 13.4. The SMILES string of the molecule is CC1(C)c2ccccc2-c2cc3c4cc5c(cc4n(-c4ccc(-c6ccc(-n7c8ccccc8c8cc9c(cc87)C(C)(C)C(C)(C)C9(C)C)cc6)cc4)c3cc21)C(C)(C)C(C)(C)C5(C)C. The van der Waals surface area contributed by atoms with Crippen LogP contribution in [0.1, 0.15) is 130 Å². The van der Waals surface area contributed by atoms with Crippen molar-refractivity contribution < 1.29 is 0 Å². The second-order valence-corrected chi connectivity index (χ2v) is 23.9. The summed E-state index contributed by atoms with van der Waals surface area (Å²) in [6, 6.07) is 51.8. The van der Waals surface area contributed by atoms with E-state index in [1.165, 1.54) is 111 Å². The zero-order valence-corrected chi connectivity index (χ0v) is 41.1. The fraction of sp³-hybridized carbons (Fsp3) is 0.333. The molecule has 0 aliphatic heterocycles. The summed E-state index contributed by atoms with van der Waals surface area (Å²) in [5.74, 6) is 0. The number of benzene rings is 7. The first kappa shape index (κ1) is 40.6. The molecule has 0 fully saturated rings. The quantitative estimate of drug-likeness (QED) is 0.168. The van der Waals surface area contributed by atoms with Crippen LogP contribution in [-0.4, -0.2) is 9.13 Å². The van der Waals surface area contributed by atoms with Gasteiger partial charge in [-0.2, -0.15) is 0 Å². The monoisotopic (exact) mass is 849 g/mol. The molecule has 0 radical (unpaired) electrons. The number of nitrogens with zero attached hydrogens (tertiary/aromatic N) is 2. The van der Waals surface area contributed by atoms with Gasteiger partial charge in [0.15, 0.2) is 0 Å². The summed E-state index contributed by atoms with van der Waals surface area (Å²) < 4.78 is 5.05. The molecule has 0 atom stereocenters. The average Bonchev–Trinajstić information content (AvgIpc) is 3.91. The smallest absolute Gasteiger partial charge is 0.0544 e. The molecule has 0 bridgehead atoms. The van der Waals surface area contributed by atoms with E-state index < -0.39 is 0 Å². The van der Waals surface area contributed by atoms with E-state index in [1.807, 2.05) is 0 Å². The Morgan fingerprint density at radius 3 is 1.18 bits per heavy atom. The van der Waals surface area contributed by atoms with Crippen molar-refractivity contribution in [2.24, 2.45) is 10.8 Å². The van der Waals surface area contributed by atoms with Crippen LogP contribution in [0.4, 0.5) is 0 Å². The number of hydrogen-bond acceptors (Lipinski definition) is 0. The Labute approximate surface area is 386 Å². The topological polar surface area (TPSA) is 9.86 Å². The third kappa shape index (κ3) is 4.76. The van der Waals surface area contributed by atoms with E-state index in [4.69, 9.17) is 0 Å². The van der Waals surface area contributed by atoms with E-state index in [2.05, 4.69) is 240 Å². The lowest BCUT2D eigenvalue weighted by atomic mass is 9.59. The lowest BCUT2D eigenvalue weighted by Gasteiger charge is -2.44. The Balaban J connectivity index is 0.991. The van der Waals surface area contributed by atoms with Crippen molar-refractivity contribution in [1.82, 2.24) is 9.13 Å². The van der Waals surface area contributed by atoms with Gasteiger partial charge in [-0.1, -0.05) is 164 Å². The molecule has 65 heavy (non-hydrogen) atoms. The highest BCUT2D eigenvalue weighted by Gasteiger charge is 2.58. The normalized spacial score (nSPS) is 19.8. The standard InChI is InChI=1S/C63H64N2/c1-57(2)47-21-17-15-19-41(47)43-31-44-46-33-50-52(61(9,10)63(13,14)59(50,5)6)36-56(46)65(54(44)34-48(43)57)40-29-25-38(26-30-40)37-23-27-39(28-24-37)64-53-22-18-16-20-42(53)45-32-49-51(35-55(45)64)60(7,8)62(11,12)58(49,3)4/h15-36H,1-14H3. The summed E-state index contributed by atoms with van der Waals surface area (Å²) in [6.45, 7) is 34.3. The Hall–Kier alpha value is -5.86. The largest absolute Gasteiger partial charge is 0.309 e. The molecule has 3 aliphatic rings. The molecule has 2 aromatic heterocycles. The van der Waals surface area contributed by atoms with Gasteiger partial charge in [0.1, 0.15) is 0 Å². The first-order valence-electron chi connectivity index (χ1n) is 24.1. The van der Waals surface area contributed by atoms with Gasteiger partial charge in [-0.05, 0) is 155 Å². The Kier molecular flexibility index (Phi) is 7.70. The highest BCUT2D eigenvalue weighted by atomic mass is 15.0. The number of para-hydroxylation sites is 1. The van der Waals surface area contributed by atoms with Crippen LogP contribution >= 0.6 is 0 Å². The van der Waals surface area contributed by atoms with E-state index in [9.17, 15) is 0 Å². The summed E-state index contributed by atoms with van der Waals surface area (Å²) in [6.07, 6.45) is 0. The molecule has 326 valence electrons. The van der Waals surface area contributed by atoms with Crippen molar-refractivity contribution in [2.75, 3.05) is 0 Å².